The van der Waals surface area contributed by atoms with Crippen LogP contribution in [0.15, 0.2) is 121 Å². The first-order valence-corrected chi connectivity index (χ1v) is 14.9. The molecule has 3 heterocycles. The number of hydrogen-bond acceptors (Lipinski definition) is 2. The van der Waals surface area contributed by atoms with Crippen LogP contribution in [0.3, 0.4) is 0 Å². The van der Waals surface area contributed by atoms with Crippen molar-refractivity contribution in [1.82, 2.24) is 9.13 Å². The summed E-state index contributed by atoms with van der Waals surface area (Å²) in [5.41, 5.74) is 7.38. The zero-order valence-electron chi connectivity index (χ0n) is 22.7. The van der Waals surface area contributed by atoms with Crippen LogP contribution in [0.5, 0.6) is 0 Å². The second-order valence-corrected chi connectivity index (χ2v) is 11.8. The minimum absolute atomic E-state index is 0.464. The first-order chi connectivity index (χ1) is 21.3. The summed E-state index contributed by atoms with van der Waals surface area (Å²) in [6.07, 6.45) is 0. The highest BCUT2D eigenvalue weighted by Gasteiger charge is 2.21. The molecule has 9 aromatic rings. The van der Waals surface area contributed by atoms with Gasteiger partial charge in [0.1, 0.15) is 0 Å². The Labute approximate surface area is 250 Å². The van der Waals surface area contributed by atoms with Gasteiger partial charge in [0.15, 0.2) is 5.69 Å². The molecule has 43 heavy (non-hydrogen) atoms. The van der Waals surface area contributed by atoms with Gasteiger partial charge in [-0.05, 0) is 48.5 Å². The van der Waals surface area contributed by atoms with E-state index in [2.05, 4.69) is 117 Å². The lowest BCUT2D eigenvalue weighted by Gasteiger charge is -2.10. The lowest BCUT2D eigenvalue weighted by Crippen LogP contribution is -1.97. The molecule has 198 valence electrons. The highest BCUT2D eigenvalue weighted by Crippen LogP contribution is 2.47. The van der Waals surface area contributed by atoms with Crippen LogP contribution in [-0.2, 0) is 0 Å². The monoisotopic (exact) mass is 564 g/mol. The summed E-state index contributed by atoms with van der Waals surface area (Å²) in [4.78, 5) is 3.55. The fourth-order valence-corrected chi connectivity index (χ4v) is 8.20. The van der Waals surface area contributed by atoms with Crippen molar-refractivity contribution in [2.45, 2.75) is 0 Å². The molecule has 0 bridgehead atoms. The SMILES string of the molecule is [C-]#[N+]c1ccc(-n2c3ccccc3c3c4sc5c(ccc6c5c5ccccc5n6-c5ccccc5)c4ccc32)c(C#N)c1. The average Bonchev–Trinajstić information content (AvgIpc) is 3.72. The number of para-hydroxylation sites is 3. The topological polar surface area (TPSA) is 38.0 Å². The third-order valence-electron chi connectivity index (χ3n) is 8.56. The van der Waals surface area contributed by atoms with Crippen LogP contribution < -0.4 is 0 Å². The van der Waals surface area contributed by atoms with E-state index in [0.717, 1.165) is 27.8 Å². The van der Waals surface area contributed by atoms with Gasteiger partial charge < -0.3 is 9.13 Å². The van der Waals surface area contributed by atoms with Crippen molar-refractivity contribution < 1.29 is 0 Å². The van der Waals surface area contributed by atoms with E-state index in [1.54, 1.807) is 12.1 Å². The molecular weight excluding hydrogens is 545 g/mol. The molecule has 0 aliphatic heterocycles. The second-order valence-electron chi connectivity index (χ2n) is 10.7. The van der Waals surface area contributed by atoms with Crippen LogP contribution in [-0.4, -0.2) is 9.13 Å². The maximum Gasteiger partial charge on any atom is 0.188 e. The molecule has 0 saturated carbocycles. The van der Waals surface area contributed by atoms with E-state index < -0.39 is 0 Å². The summed E-state index contributed by atoms with van der Waals surface area (Å²) < 4.78 is 7.06. The summed E-state index contributed by atoms with van der Waals surface area (Å²) in [7, 11) is 0. The van der Waals surface area contributed by atoms with Crippen LogP contribution in [0, 0.1) is 17.9 Å². The predicted octanol–water partition coefficient (Wildman–Crippen LogP) is 10.7. The molecule has 0 spiro atoms. The Kier molecular flexibility index (Phi) is 4.87. The summed E-state index contributed by atoms with van der Waals surface area (Å²) in [5.74, 6) is 0. The molecule has 6 aromatic carbocycles. The Morgan fingerprint density at radius 2 is 1.16 bits per heavy atom. The molecular formula is C38H20N4S. The van der Waals surface area contributed by atoms with Crippen molar-refractivity contribution in [1.29, 1.82) is 5.26 Å². The van der Waals surface area contributed by atoms with Crippen molar-refractivity contribution in [3.8, 4) is 17.4 Å². The van der Waals surface area contributed by atoms with Gasteiger partial charge in [-0.3, -0.25) is 0 Å². The quantitative estimate of drug-likeness (QED) is 0.192. The predicted molar refractivity (Wildman–Crippen MR) is 179 cm³/mol. The van der Waals surface area contributed by atoms with Gasteiger partial charge in [-0.2, -0.15) is 5.26 Å². The Morgan fingerprint density at radius 3 is 1.79 bits per heavy atom. The van der Waals surface area contributed by atoms with Gasteiger partial charge in [-0.1, -0.05) is 72.8 Å². The number of hydrogen-bond donors (Lipinski definition) is 0. The lowest BCUT2D eigenvalue weighted by molar-refractivity contribution is 1.17. The van der Waals surface area contributed by atoms with Crippen LogP contribution >= 0.6 is 11.3 Å². The van der Waals surface area contributed by atoms with Crippen molar-refractivity contribution in [3.63, 3.8) is 0 Å². The van der Waals surface area contributed by atoms with E-state index >= 15 is 0 Å². The molecule has 9 rings (SSSR count). The van der Waals surface area contributed by atoms with Gasteiger partial charge in [0, 0.05) is 47.4 Å². The highest BCUT2D eigenvalue weighted by molar-refractivity contribution is 7.27. The normalized spacial score (nSPS) is 11.7. The molecule has 0 unspecified atom stereocenters. The number of nitriles is 1. The number of aromatic nitrogens is 2. The molecule has 4 nitrogen and oxygen atoms in total. The van der Waals surface area contributed by atoms with Crippen LogP contribution in [0.1, 0.15) is 5.56 Å². The third kappa shape index (κ3) is 3.17. The minimum Gasteiger partial charge on any atom is -0.309 e. The van der Waals surface area contributed by atoms with E-state index in [0.29, 0.717) is 11.3 Å². The van der Waals surface area contributed by atoms with Crippen LogP contribution in [0.4, 0.5) is 5.69 Å². The van der Waals surface area contributed by atoms with Crippen molar-refractivity contribution in [2.75, 3.05) is 0 Å². The molecule has 5 heteroatoms. The fraction of sp³-hybridized carbons (Fsp3) is 0. The fourth-order valence-electron chi connectivity index (χ4n) is 6.79. The molecule has 0 atom stereocenters. The molecule has 0 amide bonds. The van der Waals surface area contributed by atoms with Crippen LogP contribution in [0.25, 0.3) is 80.0 Å². The summed E-state index contributed by atoms with van der Waals surface area (Å²) in [6, 6.07) is 44.3. The Bertz CT molecular complexity index is 2690. The van der Waals surface area contributed by atoms with Crippen molar-refractivity contribution >= 4 is 80.8 Å². The first kappa shape index (κ1) is 23.8. The standard InChI is InChI=1S/C38H20N4S/c1-40-24-15-18-30(23(21-24)22-39)42-32-14-8-6-12-29(32)36-34(42)20-17-27-26-16-19-33-35(37(26)43-38(27)36)28-11-5-7-13-31(28)41(33)25-9-3-2-4-10-25/h2-21H. The van der Waals surface area contributed by atoms with Gasteiger partial charge in [-0.25, -0.2) is 4.85 Å². The van der Waals surface area contributed by atoms with E-state index in [1.165, 1.54) is 47.4 Å². The number of benzene rings is 6. The van der Waals surface area contributed by atoms with Gasteiger partial charge in [0.05, 0.1) is 46.0 Å². The number of fused-ring (bicyclic) bond motifs is 11. The van der Waals surface area contributed by atoms with E-state index in [4.69, 9.17) is 6.57 Å². The Hall–Kier alpha value is -5.88. The van der Waals surface area contributed by atoms with Crippen molar-refractivity contribution in [3.05, 3.63) is 138 Å². The number of nitrogens with zero attached hydrogens (tertiary/aromatic N) is 4. The third-order valence-corrected chi connectivity index (χ3v) is 9.82. The van der Waals surface area contributed by atoms with E-state index in [1.807, 2.05) is 23.5 Å². The summed E-state index contributed by atoms with van der Waals surface area (Å²) >= 11 is 1.85. The maximum absolute atomic E-state index is 10.1. The number of rotatable bonds is 2. The van der Waals surface area contributed by atoms with Gasteiger partial charge in [-0.15, -0.1) is 11.3 Å². The van der Waals surface area contributed by atoms with Crippen molar-refractivity contribution in [2.24, 2.45) is 0 Å². The Balaban J connectivity index is 1.44. The Morgan fingerprint density at radius 1 is 0.581 bits per heavy atom. The van der Waals surface area contributed by atoms with Gasteiger partial charge in [0.25, 0.3) is 0 Å². The summed E-state index contributed by atoms with van der Waals surface area (Å²) in [6.45, 7) is 7.43. The zero-order chi connectivity index (χ0) is 28.7. The molecule has 0 aliphatic rings. The molecule has 0 radical (unpaired) electrons. The molecule has 3 aromatic heterocycles. The lowest BCUT2D eigenvalue weighted by atomic mass is 10.1. The van der Waals surface area contributed by atoms with Crippen LogP contribution in [0.2, 0.25) is 0 Å². The van der Waals surface area contributed by atoms with E-state index in [9.17, 15) is 5.26 Å². The zero-order valence-corrected chi connectivity index (χ0v) is 23.6. The highest BCUT2D eigenvalue weighted by atomic mass is 32.1. The largest absolute Gasteiger partial charge is 0.309 e. The minimum atomic E-state index is 0.464. The average molecular weight is 565 g/mol. The molecule has 0 aliphatic carbocycles. The second kappa shape index (κ2) is 8.81. The van der Waals surface area contributed by atoms with Gasteiger partial charge >= 0.3 is 0 Å². The maximum atomic E-state index is 10.1. The first-order valence-electron chi connectivity index (χ1n) is 14.0. The molecule has 0 saturated heterocycles. The summed E-state index contributed by atoms with van der Waals surface area (Å²) in [5, 5.41) is 17.4. The molecule has 0 N–H and O–H groups in total. The smallest absolute Gasteiger partial charge is 0.188 e. The van der Waals surface area contributed by atoms with E-state index in [-0.39, 0.29) is 0 Å². The number of thiophene rings is 1. The molecule has 0 fully saturated rings. The van der Waals surface area contributed by atoms with Gasteiger partial charge in [0.2, 0.25) is 0 Å².